The fourth-order valence-electron chi connectivity index (χ4n) is 7.95. The molecule has 292 valence electrons. The Morgan fingerprint density at radius 2 is 1.73 bits per heavy atom. The molecule has 2 amide bonds. The topological polar surface area (TPSA) is 133 Å². The lowest BCUT2D eigenvalue weighted by molar-refractivity contribution is 0.0122. The first-order valence-corrected chi connectivity index (χ1v) is 19.5. The minimum absolute atomic E-state index is 0.0307. The molecule has 15 heteroatoms. The molecule has 3 saturated heterocycles. The number of nitriles is 1. The zero-order valence-electron chi connectivity index (χ0n) is 32.5. The van der Waals surface area contributed by atoms with Gasteiger partial charge in [0, 0.05) is 52.6 Å². The normalized spacial score (nSPS) is 20.3. The van der Waals surface area contributed by atoms with Crippen molar-refractivity contribution in [2.45, 2.75) is 103 Å². The summed E-state index contributed by atoms with van der Waals surface area (Å²) in [5.41, 5.74) is -0.894. The summed E-state index contributed by atoms with van der Waals surface area (Å²) in [6.45, 7) is 14.7. The lowest BCUT2D eigenvalue weighted by Crippen LogP contribution is -2.57. The van der Waals surface area contributed by atoms with E-state index < -0.39 is 28.9 Å². The minimum atomic E-state index is -0.811. The highest BCUT2D eigenvalue weighted by atomic mass is 32.1. The number of anilines is 2. The van der Waals surface area contributed by atoms with Gasteiger partial charge in [0.05, 0.1) is 22.3 Å². The van der Waals surface area contributed by atoms with E-state index in [1.807, 2.05) is 25.7 Å². The van der Waals surface area contributed by atoms with Crippen LogP contribution in [0.3, 0.4) is 0 Å². The second kappa shape index (κ2) is 14.4. The number of fused-ring (bicyclic) bond motifs is 4. The van der Waals surface area contributed by atoms with Crippen molar-refractivity contribution in [2.75, 3.05) is 43.5 Å². The molecule has 3 fully saturated rings. The molecule has 12 nitrogen and oxygen atoms in total. The third kappa shape index (κ3) is 7.46. The molecule has 0 saturated carbocycles. The van der Waals surface area contributed by atoms with Crippen molar-refractivity contribution in [3.63, 3.8) is 0 Å². The number of likely N-dealkylation sites (tertiary alicyclic amines) is 1. The number of benzene rings is 1. The third-order valence-electron chi connectivity index (χ3n) is 10.4. The highest BCUT2D eigenvalue weighted by molar-refractivity contribution is 7.23. The molecule has 3 atom stereocenters. The summed E-state index contributed by atoms with van der Waals surface area (Å²) in [6, 6.07) is 4.62. The van der Waals surface area contributed by atoms with Crippen LogP contribution in [0.25, 0.3) is 32.1 Å². The summed E-state index contributed by atoms with van der Waals surface area (Å²) in [7, 11) is 2.06. The van der Waals surface area contributed by atoms with Crippen molar-refractivity contribution >= 4 is 55.2 Å². The van der Waals surface area contributed by atoms with Crippen LogP contribution in [-0.4, -0.2) is 94.6 Å². The van der Waals surface area contributed by atoms with Crippen LogP contribution in [-0.2, 0) is 9.47 Å². The molecule has 3 aliphatic rings. The van der Waals surface area contributed by atoms with E-state index in [1.54, 1.807) is 33.9 Å². The predicted octanol–water partition coefficient (Wildman–Crippen LogP) is 8.38. The number of nitrogens with zero attached hydrogens (tertiary/aromatic N) is 6. The van der Waals surface area contributed by atoms with Crippen molar-refractivity contribution in [1.29, 1.82) is 5.26 Å². The first-order chi connectivity index (χ1) is 25.9. The molecule has 0 radical (unpaired) electrons. The zero-order chi connectivity index (χ0) is 39.6. The number of likely N-dealkylation sites (N-methyl/N-ethyl adjacent to an activating group) is 1. The van der Waals surface area contributed by atoms with Gasteiger partial charge in [-0.1, -0.05) is 0 Å². The number of carbonyl (C=O) groups is 2. The number of amides is 2. The first-order valence-electron chi connectivity index (χ1n) is 18.7. The summed E-state index contributed by atoms with van der Waals surface area (Å²) in [4.78, 5) is 41.8. The number of nitrogens with one attached hydrogen (secondary N) is 1. The van der Waals surface area contributed by atoms with Crippen LogP contribution >= 0.6 is 11.3 Å². The van der Waals surface area contributed by atoms with Gasteiger partial charge in [-0.05, 0) is 99.9 Å². The molecule has 6 heterocycles. The van der Waals surface area contributed by atoms with Gasteiger partial charge in [0.2, 0.25) is 5.88 Å². The van der Waals surface area contributed by atoms with Crippen molar-refractivity contribution in [1.82, 2.24) is 19.8 Å². The maximum absolute atomic E-state index is 17.4. The Morgan fingerprint density at radius 3 is 2.35 bits per heavy atom. The third-order valence-corrected chi connectivity index (χ3v) is 11.5. The van der Waals surface area contributed by atoms with E-state index in [2.05, 4.69) is 33.2 Å². The fourth-order valence-corrected chi connectivity index (χ4v) is 9.02. The predicted molar refractivity (Wildman–Crippen MR) is 208 cm³/mol. The molecule has 2 unspecified atom stereocenters. The van der Waals surface area contributed by atoms with Crippen LogP contribution < -0.4 is 15.0 Å². The average Bonchev–Trinajstić information content (AvgIpc) is 3.75. The maximum Gasteiger partial charge on any atom is 0.412 e. The van der Waals surface area contributed by atoms with Crippen LogP contribution in [0.4, 0.5) is 29.2 Å². The van der Waals surface area contributed by atoms with Gasteiger partial charge in [0.25, 0.3) is 0 Å². The molecule has 1 aromatic carbocycles. The number of rotatable bonds is 6. The van der Waals surface area contributed by atoms with E-state index in [9.17, 15) is 14.9 Å². The van der Waals surface area contributed by atoms with E-state index in [0.29, 0.717) is 42.3 Å². The summed E-state index contributed by atoms with van der Waals surface area (Å²) in [6.07, 6.45) is 4.04. The lowest BCUT2D eigenvalue weighted by atomic mass is 9.99. The molecule has 1 N–H and O–H groups in total. The number of hydrogen-bond donors (Lipinski definition) is 1. The molecule has 2 bridgehead atoms. The van der Waals surface area contributed by atoms with Gasteiger partial charge in [-0.15, -0.1) is 11.3 Å². The Kier molecular flexibility index (Phi) is 10.0. The highest BCUT2D eigenvalue weighted by Crippen LogP contribution is 2.45. The molecule has 4 aromatic rings. The number of piperazine rings is 1. The Hall–Kier alpha value is -4.81. The largest absolute Gasteiger partial charge is 0.476 e. The zero-order valence-corrected chi connectivity index (χ0v) is 33.3. The summed E-state index contributed by atoms with van der Waals surface area (Å²) >= 11 is 0.867. The lowest BCUT2D eigenvalue weighted by Gasteiger charge is -2.42. The molecular formula is C40H47F2N7O5S. The SMILES string of the molecule is Cc1c(OC[C@@H]2CCCN2C)nc(N2CC3CCC(C2)N3C(=O)OC(C)(C)C)c2cnc(-c3ccc(F)c4sc(NC(=O)OC(C)(C)C)c(C#N)c34)c(F)c12. The second-order valence-electron chi connectivity index (χ2n) is 16.7. The average molecular weight is 776 g/mol. The summed E-state index contributed by atoms with van der Waals surface area (Å²) in [5, 5.41) is 13.8. The van der Waals surface area contributed by atoms with Gasteiger partial charge in [0.15, 0.2) is 5.82 Å². The maximum atomic E-state index is 17.4. The van der Waals surface area contributed by atoms with Crippen LogP contribution in [0.5, 0.6) is 5.88 Å². The van der Waals surface area contributed by atoms with E-state index >= 15 is 8.78 Å². The number of aryl methyl sites for hydroxylation is 1. The van der Waals surface area contributed by atoms with Crippen molar-refractivity contribution < 1.29 is 32.6 Å². The highest BCUT2D eigenvalue weighted by Gasteiger charge is 2.45. The number of aromatic nitrogens is 2. The molecule has 3 aromatic heterocycles. The number of thiophene rings is 1. The number of halogens is 2. The van der Waals surface area contributed by atoms with Gasteiger partial charge in [-0.3, -0.25) is 15.2 Å². The number of ether oxygens (including phenoxy) is 3. The molecule has 7 rings (SSSR count). The van der Waals surface area contributed by atoms with Crippen LogP contribution in [0.15, 0.2) is 18.3 Å². The molecular weight excluding hydrogens is 729 g/mol. The Morgan fingerprint density at radius 1 is 1.04 bits per heavy atom. The smallest absolute Gasteiger partial charge is 0.412 e. The van der Waals surface area contributed by atoms with Gasteiger partial charge < -0.3 is 24.0 Å². The summed E-state index contributed by atoms with van der Waals surface area (Å²) in [5.74, 6) is -0.520. The molecule has 0 spiro atoms. The van der Waals surface area contributed by atoms with E-state index in [0.717, 1.165) is 43.6 Å². The quantitative estimate of drug-likeness (QED) is 0.204. The second-order valence-corrected chi connectivity index (χ2v) is 17.7. The van der Waals surface area contributed by atoms with E-state index in [1.165, 1.54) is 12.1 Å². The molecule has 55 heavy (non-hydrogen) atoms. The molecule has 0 aliphatic carbocycles. The summed E-state index contributed by atoms with van der Waals surface area (Å²) < 4.78 is 50.4. The van der Waals surface area contributed by atoms with Gasteiger partial charge in [-0.25, -0.2) is 18.4 Å². The Balaban J connectivity index is 1.33. The van der Waals surface area contributed by atoms with E-state index in [4.69, 9.17) is 19.2 Å². The van der Waals surface area contributed by atoms with Crippen LogP contribution in [0.1, 0.15) is 78.4 Å². The monoisotopic (exact) mass is 775 g/mol. The van der Waals surface area contributed by atoms with Crippen molar-refractivity contribution in [2.24, 2.45) is 0 Å². The van der Waals surface area contributed by atoms with Gasteiger partial charge in [0.1, 0.15) is 46.2 Å². The standard InChI is InChI=1S/C40H47F2N7O5S/c1-21-29-27(17-44-32(31(29)42)25-13-14-28(41)33-30(25)26(16-43)36(55-33)46-37(50)53-39(2,3)4)34(45-35(21)52-20-24-10-9-15-47(24)8)48-18-22-11-12-23(19-48)49(22)38(51)54-40(5,6)7/h13-14,17,22-24H,9-12,15,18-20H2,1-8H3,(H,46,50)/t22?,23?,24-/m0/s1. The van der Waals surface area contributed by atoms with Crippen molar-refractivity contribution in [3.8, 4) is 23.2 Å². The Labute approximate surface area is 323 Å². The van der Waals surface area contributed by atoms with Crippen molar-refractivity contribution in [3.05, 3.63) is 41.1 Å². The number of pyridine rings is 2. The number of hydrogen-bond acceptors (Lipinski definition) is 11. The first kappa shape index (κ1) is 38.5. The van der Waals surface area contributed by atoms with Gasteiger partial charge in [-0.2, -0.15) is 10.2 Å². The number of carbonyl (C=O) groups excluding carboxylic acids is 2. The Bertz CT molecular complexity index is 2210. The minimum Gasteiger partial charge on any atom is -0.476 e. The van der Waals surface area contributed by atoms with Crippen LogP contribution in [0, 0.1) is 29.9 Å². The van der Waals surface area contributed by atoms with Crippen LogP contribution in [0.2, 0.25) is 0 Å². The van der Waals surface area contributed by atoms with E-state index in [-0.39, 0.29) is 61.5 Å². The molecule has 3 aliphatic heterocycles. The van der Waals surface area contributed by atoms with Gasteiger partial charge >= 0.3 is 12.2 Å². The fraction of sp³-hybridized carbons (Fsp3) is 0.525.